The fourth-order valence-corrected chi connectivity index (χ4v) is 4.87. The van der Waals surface area contributed by atoms with Crippen LogP contribution >= 0.6 is 23.2 Å². The van der Waals surface area contributed by atoms with Crippen LogP contribution in [0.2, 0.25) is 10.0 Å². The number of nitrogens with one attached hydrogen (secondary N) is 1. The number of carbonyl (C=O) groups excluding carboxylic acids is 3. The van der Waals surface area contributed by atoms with Crippen molar-refractivity contribution in [1.82, 2.24) is 0 Å². The van der Waals surface area contributed by atoms with Gasteiger partial charge in [0.15, 0.2) is 0 Å². The largest absolute Gasteiger partial charge is 0.466 e. The lowest BCUT2D eigenvalue weighted by atomic mass is 9.81. The number of nitrogens with zero attached hydrogens (tertiary/aromatic N) is 2. The van der Waals surface area contributed by atoms with Crippen LogP contribution in [0.15, 0.2) is 95.5 Å². The predicted octanol–water partition coefficient (Wildman–Crippen LogP) is 5.14. The number of anilines is 2. The molecule has 1 aliphatic rings. The quantitative estimate of drug-likeness (QED) is 0.385. The van der Waals surface area contributed by atoms with E-state index in [1.807, 2.05) is 0 Å². The number of halogens is 2. The van der Waals surface area contributed by atoms with E-state index in [-0.39, 0.29) is 44.1 Å². The Balaban J connectivity index is 1.97. The van der Waals surface area contributed by atoms with Gasteiger partial charge in [-0.3, -0.25) is 9.69 Å². The van der Waals surface area contributed by atoms with E-state index < -0.39 is 23.8 Å². The highest BCUT2D eigenvalue weighted by atomic mass is 35.5. The van der Waals surface area contributed by atoms with Gasteiger partial charge >= 0.3 is 11.9 Å². The van der Waals surface area contributed by atoms with Crippen molar-refractivity contribution in [3.63, 3.8) is 0 Å². The first-order valence-electron chi connectivity index (χ1n) is 11.7. The average molecular weight is 577 g/mol. The van der Waals surface area contributed by atoms with E-state index in [4.69, 9.17) is 38.4 Å². The molecule has 0 saturated heterocycles. The summed E-state index contributed by atoms with van der Waals surface area (Å²) in [5.74, 6) is -3.52. The van der Waals surface area contributed by atoms with Crippen molar-refractivity contribution >= 4 is 52.4 Å². The Morgan fingerprint density at radius 3 is 2.10 bits per heavy atom. The molecule has 0 saturated carbocycles. The fraction of sp³-hybridized carbons (Fsp3) is 0.103. The van der Waals surface area contributed by atoms with Crippen LogP contribution in [0, 0.1) is 11.3 Å². The summed E-state index contributed by atoms with van der Waals surface area (Å²) in [7, 11) is 2.28. The molecule has 1 atom stereocenters. The third-order valence-electron chi connectivity index (χ3n) is 6.17. The van der Waals surface area contributed by atoms with Crippen LogP contribution in [0.3, 0.4) is 0 Å². The number of nitrogens with two attached hydrogens (primary N) is 1. The van der Waals surface area contributed by atoms with Gasteiger partial charge in [0.05, 0.1) is 58.8 Å². The number of nitriles is 1. The molecule has 3 aromatic rings. The van der Waals surface area contributed by atoms with Crippen LogP contribution in [0.5, 0.6) is 0 Å². The van der Waals surface area contributed by atoms with E-state index in [1.165, 1.54) is 12.1 Å². The van der Waals surface area contributed by atoms with Gasteiger partial charge in [0.25, 0.3) is 5.91 Å². The summed E-state index contributed by atoms with van der Waals surface area (Å²) in [5, 5.41) is 13.0. The minimum Gasteiger partial charge on any atom is -0.466 e. The van der Waals surface area contributed by atoms with Crippen LogP contribution in [-0.4, -0.2) is 32.1 Å². The molecule has 3 N–H and O–H groups in total. The SMILES string of the molecule is COC(=O)C1=C(C(=O)OC)N(c2cc(NC(=O)c3ccccc3)c(Cl)cc2Cl)C(N)=C(C#N)C1c1ccccc1. The van der Waals surface area contributed by atoms with E-state index in [9.17, 15) is 19.6 Å². The maximum Gasteiger partial charge on any atom is 0.355 e. The number of benzene rings is 3. The second-order valence-corrected chi connectivity index (χ2v) is 9.25. The molecule has 1 heterocycles. The van der Waals surface area contributed by atoms with E-state index in [0.29, 0.717) is 11.1 Å². The molecule has 202 valence electrons. The van der Waals surface area contributed by atoms with Crippen molar-refractivity contribution < 1.29 is 23.9 Å². The van der Waals surface area contributed by atoms with E-state index in [0.717, 1.165) is 19.1 Å². The lowest BCUT2D eigenvalue weighted by Gasteiger charge is -2.36. The number of hydrogen-bond donors (Lipinski definition) is 2. The molecule has 4 rings (SSSR count). The minimum absolute atomic E-state index is 0.00623. The Bertz CT molecular complexity index is 1600. The monoisotopic (exact) mass is 576 g/mol. The molecule has 11 heteroatoms. The number of methoxy groups -OCH3 is 2. The highest BCUT2D eigenvalue weighted by Gasteiger charge is 2.43. The Labute approximate surface area is 240 Å². The van der Waals surface area contributed by atoms with Gasteiger partial charge in [-0.25, -0.2) is 9.59 Å². The zero-order valence-electron chi connectivity index (χ0n) is 21.3. The van der Waals surface area contributed by atoms with Gasteiger partial charge < -0.3 is 20.5 Å². The van der Waals surface area contributed by atoms with E-state index in [2.05, 4.69) is 11.4 Å². The highest BCUT2D eigenvalue weighted by Crippen LogP contribution is 2.46. The Morgan fingerprint density at radius 2 is 1.52 bits per heavy atom. The molecule has 0 aromatic heterocycles. The average Bonchev–Trinajstić information content (AvgIpc) is 2.98. The molecule has 9 nitrogen and oxygen atoms in total. The third-order valence-corrected chi connectivity index (χ3v) is 6.79. The number of esters is 2. The molecule has 40 heavy (non-hydrogen) atoms. The van der Waals surface area contributed by atoms with Crippen molar-refractivity contribution in [2.24, 2.45) is 5.73 Å². The summed E-state index contributed by atoms with van der Waals surface area (Å²) in [6.07, 6.45) is 0. The van der Waals surface area contributed by atoms with Crippen LogP contribution in [0.25, 0.3) is 0 Å². The molecule has 1 amide bonds. The minimum atomic E-state index is -1.05. The van der Waals surface area contributed by atoms with Crippen molar-refractivity contribution in [3.8, 4) is 6.07 Å². The second kappa shape index (κ2) is 11.9. The lowest BCUT2D eigenvalue weighted by molar-refractivity contribution is -0.139. The van der Waals surface area contributed by atoms with Crippen LogP contribution in [-0.2, 0) is 19.1 Å². The molecule has 0 fully saturated rings. The molecule has 3 aromatic carbocycles. The molecule has 0 radical (unpaired) electrons. The van der Waals surface area contributed by atoms with Gasteiger partial charge in [0.1, 0.15) is 11.5 Å². The van der Waals surface area contributed by atoms with E-state index in [1.54, 1.807) is 60.7 Å². The number of amides is 1. The van der Waals surface area contributed by atoms with Crippen molar-refractivity contribution in [2.75, 3.05) is 24.4 Å². The summed E-state index contributed by atoms with van der Waals surface area (Å²) in [6.45, 7) is 0. The number of ether oxygens (including phenoxy) is 2. The lowest BCUT2D eigenvalue weighted by Crippen LogP contribution is -2.41. The topological polar surface area (TPSA) is 135 Å². The maximum absolute atomic E-state index is 13.3. The second-order valence-electron chi connectivity index (χ2n) is 8.44. The number of rotatable bonds is 6. The maximum atomic E-state index is 13.3. The summed E-state index contributed by atoms with van der Waals surface area (Å²) in [5.41, 5.74) is 7.06. The molecule has 0 spiro atoms. The summed E-state index contributed by atoms with van der Waals surface area (Å²) in [4.78, 5) is 40.5. The smallest absolute Gasteiger partial charge is 0.355 e. The molecule has 0 bridgehead atoms. The standard InChI is InChI=1S/C29H22Cl2N4O5/c1-39-28(37)24-23(16-9-5-3-6-10-16)18(15-32)26(33)35(25(24)29(38)40-2)22-14-21(19(30)13-20(22)31)34-27(36)17-11-7-4-8-12-17/h3-14,23H,33H2,1-2H3,(H,34,36). The normalized spacial score (nSPS) is 14.9. The van der Waals surface area contributed by atoms with Crippen LogP contribution in [0.1, 0.15) is 21.8 Å². The van der Waals surface area contributed by atoms with Gasteiger partial charge in [-0.05, 0) is 29.8 Å². The molecule has 1 aliphatic heterocycles. The van der Waals surface area contributed by atoms with Gasteiger partial charge in [0, 0.05) is 5.56 Å². The summed E-state index contributed by atoms with van der Waals surface area (Å²) in [6, 6.07) is 21.8. The predicted molar refractivity (Wildman–Crippen MR) is 150 cm³/mol. The zero-order chi connectivity index (χ0) is 29.0. The summed E-state index contributed by atoms with van der Waals surface area (Å²) < 4.78 is 10.1. The molecular formula is C29H22Cl2N4O5. The highest BCUT2D eigenvalue weighted by molar-refractivity contribution is 6.38. The van der Waals surface area contributed by atoms with Gasteiger partial charge in [-0.15, -0.1) is 0 Å². The van der Waals surface area contributed by atoms with Crippen molar-refractivity contribution in [2.45, 2.75) is 5.92 Å². The Hall–Kier alpha value is -4.78. The fourth-order valence-electron chi connectivity index (χ4n) is 4.35. The Kier molecular flexibility index (Phi) is 8.43. The zero-order valence-corrected chi connectivity index (χ0v) is 22.8. The molecular weight excluding hydrogens is 555 g/mol. The van der Waals surface area contributed by atoms with E-state index >= 15 is 0 Å². The van der Waals surface area contributed by atoms with Crippen LogP contribution < -0.4 is 16.0 Å². The van der Waals surface area contributed by atoms with Gasteiger partial charge in [-0.2, -0.15) is 5.26 Å². The first kappa shape index (κ1) is 28.2. The van der Waals surface area contributed by atoms with Gasteiger partial charge in [0.2, 0.25) is 0 Å². The first-order chi connectivity index (χ1) is 19.2. The number of carbonyl (C=O) groups is 3. The van der Waals surface area contributed by atoms with Gasteiger partial charge in [-0.1, -0.05) is 71.7 Å². The van der Waals surface area contributed by atoms with Crippen molar-refractivity contribution in [1.29, 1.82) is 5.26 Å². The third kappa shape index (κ3) is 5.23. The van der Waals surface area contributed by atoms with Crippen LogP contribution in [0.4, 0.5) is 11.4 Å². The molecule has 1 unspecified atom stereocenters. The first-order valence-corrected chi connectivity index (χ1v) is 12.5. The molecule has 0 aliphatic carbocycles. The summed E-state index contributed by atoms with van der Waals surface area (Å²) >= 11 is 13.0. The number of allylic oxidation sites excluding steroid dienone is 1. The number of hydrogen-bond acceptors (Lipinski definition) is 8. The van der Waals surface area contributed by atoms with Crippen molar-refractivity contribution in [3.05, 3.63) is 117 Å². The Morgan fingerprint density at radius 1 is 0.925 bits per heavy atom.